The summed E-state index contributed by atoms with van der Waals surface area (Å²) in [6.07, 6.45) is 6.75. The lowest BCUT2D eigenvalue weighted by atomic mass is 10.1. The monoisotopic (exact) mass is 352 g/mol. The molecule has 0 atom stereocenters. The normalized spacial score (nSPS) is 12.8. The Morgan fingerprint density at radius 1 is 1.20 bits per heavy atom. The van der Waals surface area contributed by atoms with Crippen LogP contribution in [0.4, 0.5) is 5.69 Å². The second-order valence-electron chi connectivity index (χ2n) is 5.79. The zero-order chi connectivity index (χ0) is 17.1. The summed E-state index contributed by atoms with van der Waals surface area (Å²) < 4.78 is 5.55. The van der Waals surface area contributed by atoms with Crippen molar-refractivity contribution >= 4 is 23.4 Å². The number of thioether (sulfide) groups is 1. The molecule has 2 aromatic heterocycles. The largest absolute Gasteiger partial charge is 0.411 e. The van der Waals surface area contributed by atoms with Gasteiger partial charge in [0.25, 0.3) is 5.22 Å². The molecule has 2 heterocycles. The van der Waals surface area contributed by atoms with Crippen LogP contribution in [-0.4, -0.2) is 26.8 Å². The summed E-state index contributed by atoms with van der Waals surface area (Å²) >= 11 is 1.22. The Morgan fingerprint density at radius 2 is 2.12 bits per heavy atom. The minimum Gasteiger partial charge on any atom is -0.411 e. The first kappa shape index (κ1) is 15.8. The third-order valence-corrected chi connectivity index (χ3v) is 4.84. The van der Waals surface area contributed by atoms with E-state index >= 15 is 0 Å². The lowest BCUT2D eigenvalue weighted by molar-refractivity contribution is -0.113. The van der Waals surface area contributed by atoms with Crippen LogP contribution in [0, 0.1) is 0 Å². The number of hydrogen-bond acceptors (Lipinski definition) is 6. The maximum absolute atomic E-state index is 12.1. The van der Waals surface area contributed by atoms with Gasteiger partial charge in [-0.1, -0.05) is 17.8 Å². The van der Waals surface area contributed by atoms with Gasteiger partial charge < -0.3 is 9.73 Å². The highest BCUT2D eigenvalue weighted by atomic mass is 32.2. The molecule has 0 bridgehead atoms. The Kier molecular flexibility index (Phi) is 4.47. The van der Waals surface area contributed by atoms with E-state index < -0.39 is 0 Å². The number of amides is 1. The van der Waals surface area contributed by atoms with Crippen molar-refractivity contribution in [1.82, 2.24) is 15.2 Å². The van der Waals surface area contributed by atoms with Gasteiger partial charge >= 0.3 is 0 Å². The van der Waals surface area contributed by atoms with Gasteiger partial charge in [0.15, 0.2) is 0 Å². The number of benzene rings is 1. The van der Waals surface area contributed by atoms with Crippen molar-refractivity contribution in [2.45, 2.75) is 24.5 Å². The molecule has 1 amide bonds. The van der Waals surface area contributed by atoms with E-state index in [-0.39, 0.29) is 11.7 Å². The summed E-state index contributed by atoms with van der Waals surface area (Å²) in [5.74, 6) is 0.518. The smallest absolute Gasteiger partial charge is 0.277 e. The predicted octanol–water partition coefficient (Wildman–Crippen LogP) is 3.35. The summed E-state index contributed by atoms with van der Waals surface area (Å²) in [7, 11) is 0. The van der Waals surface area contributed by atoms with Gasteiger partial charge in [0.1, 0.15) is 0 Å². The standard InChI is InChI=1S/C18H16N4O2S/c23-16(20-15-7-6-12-3-1-4-13(12)9-15)11-25-18-22-21-17(24-18)14-5-2-8-19-10-14/h2,5-10H,1,3-4,11H2,(H,20,23). The molecule has 3 aromatic rings. The Morgan fingerprint density at radius 3 is 3.00 bits per heavy atom. The summed E-state index contributed by atoms with van der Waals surface area (Å²) in [6.45, 7) is 0. The van der Waals surface area contributed by atoms with Crippen LogP contribution < -0.4 is 5.32 Å². The van der Waals surface area contributed by atoms with E-state index in [2.05, 4.69) is 32.6 Å². The van der Waals surface area contributed by atoms with Crippen molar-refractivity contribution in [2.75, 3.05) is 11.1 Å². The van der Waals surface area contributed by atoms with Crippen LogP contribution in [0.25, 0.3) is 11.5 Å². The zero-order valence-corrected chi connectivity index (χ0v) is 14.3. The zero-order valence-electron chi connectivity index (χ0n) is 13.4. The lowest BCUT2D eigenvalue weighted by Crippen LogP contribution is -2.14. The van der Waals surface area contributed by atoms with E-state index in [9.17, 15) is 4.79 Å². The fraction of sp³-hybridized carbons (Fsp3) is 0.222. The van der Waals surface area contributed by atoms with Crippen LogP contribution >= 0.6 is 11.8 Å². The van der Waals surface area contributed by atoms with Crippen LogP contribution in [-0.2, 0) is 17.6 Å². The van der Waals surface area contributed by atoms with E-state index in [1.807, 2.05) is 12.1 Å². The number of nitrogens with one attached hydrogen (secondary N) is 1. The SMILES string of the molecule is O=C(CSc1nnc(-c2cccnc2)o1)Nc1ccc2c(c1)CCC2. The van der Waals surface area contributed by atoms with E-state index in [1.165, 1.54) is 29.3 Å². The first-order valence-electron chi connectivity index (χ1n) is 8.06. The molecular formula is C18H16N4O2S. The Hall–Kier alpha value is -2.67. The van der Waals surface area contributed by atoms with Gasteiger partial charge in [-0.25, -0.2) is 0 Å². The molecular weight excluding hydrogens is 336 g/mol. The fourth-order valence-corrected chi connectivity index (χ4v) is 3.41. The van der Waals surface area contributed by atoms with Gasteiger partial charge in [-0.15, -0.1) is 10.2 Å². The van der Waals surface area contributed by atoms with Gasteiger partial charge in [-0.05, 0) is 54.7 Å². The minimum absolute atomic E-state index is 0.0934. The van der Waals surface area contributed by atoms with E-state index in [1.54, 1.807) is 18.5 Å². The number of nitrogens with zero attached hydrogens (tertiary/aromatic N) is 3. The molecule has 0 fully saturated rings. The highest BCUT2D eigenvalue weighted by molar-refractivity contribution is 7.99. The third kappa shape index (κ3) is 3.71. The van der Waals surface area contributed by atoms with E-state index in [0.29, 0.717) is 11.1 Å². The number of carbonyl (C=O) groups is 1. The Labute approximate surface area is 149 Å². The van der Waals surface area contributed by atoms with Gasteiger partial charge in [0, 0.05) is 18.1 Å². The molecule has 7 heteroatoms. The molecule has 0 saturated heterocycles. The highest BCUT2D eigenvalue weighted by Crippen LogP contribution is 2.26. The number of hydrogen-bond donors (Lipinski definition) is 1. The van der Waals surface area contributed by atoms with Gasteiger partial charge in [-0.3, -0.25) is 9.78 Å². The first-order chi connectivity index (χ1) is 12.3. The van der Waals surface area contributed by atoms with Crippen molar-refractivity contribution in [2.24, 2.45) is 0 Å². The molecule has 0 unspecified atom stereocenters. The van der Waals surface area contributed by atoms with Crippen molar-refractivity contribution < 1.29 is 9.21 Å². The van der Waals surface area contributed by atoms with Crippen LogP contribution in [0.2, 0.25) is 0 Å². The molecule has 4 rings (SSSR count). The molecule has 126 valence electrons. The minimum atomic E-state index is -0.0934. The van der Waals surface area contributed by atoms with Crippen LogP contribution in [0.15, 0.2) is 52.4 Å². The molecule has 1 aromatic carbocycles. The molecule has 1 aliphatic carbocycles. The number of anilines is 1. The summed E-state index contributed by atoms with van der Waals surface area (Å²) in [6, 6.07) is 9.77. The number of carbonyl (C=O) groups excluding carboxylic acids is 1. The van der Waals surface area contributed by atoms with Gasteiger partial charge in [-0.2, -0.15) is 0 Å². The van der Waals surface area contributed by atoms with Gasteiger partial charge in [0.05, 0.1) is 11.3 Å². The molecule has 1 N–H and O–H groups in total. The first-order valence-corrected chi connectivity index (χ1v) is 9.05. The van der Waals surface area contributed by atoms with Crippen LogP contribution in [0.3, 0.4) is 0 Å². The molecule has 6 nitrogen and oxygen atoms in total. The van der Waals surface area contributed by atoms with E-state index in [0.717, 1.165) is 24.1 Å². The van der Waals surface area contributed by atoms with Gasteiger partial charge in [0.2, 0.25) is 11.8 Å². The summed E-state index contributed by atoms with van der Waals surface area (Å²) in [5, 5.41) is 11.2. The lowest BCUT2D eigenvalue weighted by Gasteiger charge is -2.06. The highest BCUT2D eigenvalue weighted by Gasteiger charge is 2.13. The van der Waals surface area contributed by atoms with Crippen molar-refractivity contribution in [3.8, 4) is 11.5 Å². The molecule has 0 spiro atoms. The average molecular weight is 352 g/mol. The average Bonchev–Trinajstić information content (AvgIpc) is 3.30. The van der Waals surface area contributed by atoms with Crippen molar-refractivity contribution in [3.63, 3.8) is 0 Å². The quantitative estimate of drug-likeness (QED) is 0.709. The maximum Gasteiger partial charge on any atom is 0.277 e. The molecule has 0 aliphatic heterocycles. The number of fused-ring (bicyclic) bond motifs is 1. The van der Waals surface area contributed by atoms with Crippen molar-refractivity contribution in [3.05, 3.63) is 53.9 Å². The summed E-state index contributed by atoms with van der Waals surface area (Å²) in [4.78, 5) is 16.1. The maximum atomic E-state index is 12.1. The number of pyridine rings is 1. The van der Waals surface area contributed by atoms with Crippen LogP contribution in [0.1, 0.15) is 17.5 Å². The Bertz CT molecular complexity index is 895. The molecule has 0 saturated carbocycles. The molecule has 1 aliphatic rings. The molecule has 0 radical (unpaired) electrons. The van der Waals surface area contributed by atoms with E-state index in [4.69, 9.17) is 4.42 Å². The Balaban J connectivity index is 1.34. The number of rotatable bonds is 5. The van der Waals surface area contributed by atoms with Crippen molar-refractivity contribution in [1.29, 1.82) is 0 Å². The third-order valence-electron chi connectivity index (χ3n) is 4.02. The topological polar surface area (TPSA) is 80.9 Å². The molecule has 25 heavy (non-hydrogen) atoms. The van der Waals surface area contributed by atoms with Crippen LogP contribution in [0.5, 0.6) is 0 Å². The summed E-state index contributed by atoms with van der Waals surface area (Å²) in [5.41, 5.74) is 4.32. The fourth-order valence-electron chi connectivity index (χ4n) is 2.85. The number of aryl methyl sites for hydroxylation is 2. The second kappa shape index (κ2) is 7.06. The number of aromatic nitrogens is 3. The predicted molar refractivity (Wildman–Crippen MR) is 95.3 cm³/mol. The second-order valence-corrected chi connectivity index (χ2v) is 6.72.